The van der Waals surface area contributed by atoms with E-state index in [0.29, 0.717) is 0 Å². The van der Waals surface area contributed by atoms with Gasteiger partial charge in [0.05, 0.1) is 0 Å². The van der Waals surface area contributed by atoms with Crippen molar-refractivity contribution in [3.63, 3.8) is 0 Å². The molecule has 0 heterocycles. The van der Waals surface area contributed by atoms with Gasteiger partial charge < -0.3 is 4.79 Å². The highest BCUT2D eigenvalue weighted by atomic mass is 32.1. The maximum atomic E-state index is 10.5. The molecular formula is C9H10OS2. The van der Waals surface area contributed by atoms with Gasteiger partial charge in [0.1, 0.15) is 6.29 Å². The van der Waals surface area contributed by atoms with Crippen LogP contribution in [0.1, 0.15) is 18.4 Å². The predicted octanol–water partition coefficient (Wildman–Crippen LogP) is 2.57. The monoisotopic (exact) mass is 198 g/mol. The number of hydrogen-bond donors (Lipinski definition) is 2. The van der Waals surface area contributed by atoms with E-state index in [9.17, 15) is 4.79 Å². The molecule has 0 aliphatic carbocycles. The summed E-state index contributed by atoms with van der Waals surface area (Å²) in [7, 11) is 0. The summed E-state index contributed by atoms with van der Waals surface area (Å²) in [4.78, 5) is 12.2. The maximum Gasteiger partial charge on any atom is 0.127 e. The molecule has 1 aromatic carbocycles. The van der Waals surface area contributed by atoms with Crippen LogP contribution in [0.3, 0.4) is 0 Å². The Morgan fingerprint density at radius 1 is 1.33 bits per heavy atom. The van der Waals surface area contributed by atoms with Gasteiger partial charge in [-0.3, -0.25) is 0 Å². The lowest BCUT2D eigenvalue weighted by molar-refractivity contribution is -0.108. The third kappa shape index (κ3) is 1.84. The van der Waals surface area contributed by atoms with Crippen LogP contribution in [-0.4, -0.2) is 6.29 Å². The number of thiol groups is 2. The number of carbonyl (C=O) groups is 1. The quantitative estimate of drug-likeness (QED) is 0.552. The first-order valence-corrected chi connectivity index (χ1v) is 4.52. The normalized spacial score (nSPS) is 12.6. The summed E-state index contributed by atoms with van der Waals surface area (Å²) < 4.78 is 0. The zero-order chi connectivity index (χ0) is 9.14. The summed E-state index contributed by atoms with van der Waals surface area (Å²) in [6.07, 6.45) is 0.898. The summed E-state index contributed by atoms with van der Waals surface area (Å²) >= 11 is 8.51. The van der Waals surface area contributed by atoms with Crippen LogP contribution in [0.25, 0.3) is 0 Å². The fourth-order valence-electron chi connectivity index (χ4n) is 1.08. The van der Waals surface area contributed by atoms with E-state index < -0.39 is 0 Å². The van der Waals surface area contributed by atoms with Crippen LogP contribution in [-0.2, 0) is 4.79 Å². The van der Waals surface area contributed by atoms with Gasteiger partial charge in [0.2, 0.25) is 0 Å². The number of carbonyl (C=O) groups excluding carboxylic acids is 1. The SMILES string of the molecule is CC(C=O)c1c(S)cccc1S. The molecule has 0 N–H and O–H groups in total. The summed E-state index contributed by atoms with van der Waals surface area (Å²) in [6.45, 7) is 1.84. The van der Waals surface area contributed by atoms with Crippen molar-refractivity contribution in [1.29, 1.82) is 0 Å². The number of rotatable bonds is 2. The smallest absolute Gasteiger partial charge is 0.127 e. The van der Waals surface area contributed by atoms with Crippen LogP contribution in [0.2, 0.25) is 0 Å². The number of benzene rings is 1. The maximum absolute atomic E-state index is 10.5. The Labute approximate surface area is 83.0 Å². The summed E-state index contributed by atoms with van der Waals surface area (Å²) in [5.74, 6) is -0.133. The van der Waals surface area contributed by atoms with Gasteiger partial charge in [-0.15, -0.1) is 25.3 Å². The molecule has 64 valence electrons. The highest BCUT2D eigenvalue weighted by molar-refractivity contribution is 7.81. The minimum Gasteiger partial charge on any atom is -0.303 e. The van der Waals surface area contributed by atoms with E-state index in [1.54, 1.807) is 0 Å². The van der Waals surface area contributed by atoms with Crippen LogP contribution in [0.4, 0.5) is 0 Å². The standard InChI is InChI=1S/C9H10OS2/c1-6(5-10)9-7(11)3-2-4-8(9)12/h2-6,11-12H,1H3. The first-order chi connectivity index (χ1) is 5.66. The Hall–Kier alpha value is -0.410. The summed E-state index contributed by atoms with van der Waals surface area (Å²) in [6, 6.07) is 5.59. The molecule has 0 bridgehead atoms. The second kappa shape index (κ2) is 4.01. The Morgan fingerprint density at radius 3 is 2.25 bits per heavy atom. The van der Waals surface area contributed by atoms with E-state index in [0.717, 1.165) is 21.6 Å². The van der Waals surface area contributed by atoms with E-state index in [1.165, 1.54) is 0 Å². The van der Waals surface area contributed by atoms with Gasteiger partial charge in [-0.05, 0) is 17.7 Å². The van der Waals surface area contributed by atoms with Crippen LogP contribution in [0, 0.1) is 0 Å². The lowest BCUT2D eigenvalue weighted by atomic mass is 10.0. The first-order valence-electron chi connectivity index (χ1n) is 3.63. The molecule has 0 radical (unpaired) electrons. The van der Waals surface area contributed by atoms with Crippen molar-refractivity contribution < 1.29 is 4.79 Å². The molecule has 0 aliphatic heterocycles. The van der Waals surface area contributed by atoms with Gasteiger partial charge >= 0.3 is 0 Å². The molecule has 1 unspecified atom stereocenters. The topological polar surface area (TPSA) is 17.1 Å². The van der Waals surface area contributed by atoms with Crippen molar-refractivity contribution in [2.24, 2.45) is 0 Å². The molecule has 1 atom stereocenters. The second-order valence-corrected chi connectivity index (χ2v) is 3.60. The van der Waals surface area contributed by atoms with Crippen LogP contribution < -0.4 is 0 Å². The Kier molecular flexibility index (Phi) is 3.23. The van der Waals surface area contributed by atoms with Crippen molar-refractivity contribution in [2.45, 2.75) is 22.6 Å². The van der Waals surface area contributed by atoms with Gasteiger partial charge in [0.15, 0.2) is 0 Å². The van der Waals surface area contributed by atoms with E-state index in [-0.39, 0.29) is 5.92 Å². The minimum absolute atomic E-state index is 0.133. The molecule has 0 saturated heterocycles. The van der Waals surface area contributed by atoms with E-state index in [2.05, 4.69) is 25.3 Å². The molecule has 1 aromatic rings. The van der Waals surface area contributed by atoms with Gasteiger partial charge in [0, 0.05) is 15.7 Å². The Bertz CT molecular complexity index is 276. The van der Waals surface area contributed by atoms with Crippen LogP contribution in [0.15, 0.2) is 28.0 Å². The van der Waals surface area contributed by atoms with E-state index >= 15 is 0 Å². The fourth-order valence-corrected chi connectivity index (χ4v) is 1.98. The average molecular weight is 198 g/mol. The van der Waals surface area contributed by atoms with Crippen molar-refractivity contribution in [3.05, 3.63) is 23.8 Å². The largest absolute Gasteiger partial charge is 0.303 e. The highest BCUT2D eigenvalue weighted by Gasteiger charge is 2.10. The van der Waals surface area contributed by atoms with Crippen molar-refractivity contribution in [3.8, 4) is 0 Å². The Balaban J connectivity index is 3.20. The Morgan fingerprint density at radius 2 is 1.83 bits per heavy atom. The lowest BCUT2D eigenvalue weighted by Crippen LogP contribution is -1.97. The van der Waals surface area contributed by atoms with E-state index in [1.807, 2.05) is 25.1 Å². The molecule has 0 aliphatic rings. The minimum atomic E-state index is -0.133. The second-order valence-electron chi connectivity index (χ2n) is 2.63. The zero-order valence-electron chi connectivity index (χ0n) is 6.69. The van der Waals surface area contributed by atoms with Crippen molar-refractivity contribution >= 4 is 31.5 Å². The average Bonchev–Trinajstić information content (AvgIpc) is 2.03. The van der Waals surface area contributed by atoms with Gasteiger partial charge in [-0.25, -0.2) is 0 Å². The molecule has 0 aromatic heterocycles. The number of aldehydes is 1. The predicted molar refractivity (Wildman–Crippen MR) is 55.4 cm³/mol. The molecule has 3 heteroatoms. The fraction of sp³-hybridized carbons (Fsp3) is 0.222. The third-order valence-corrected chi connectivity index (χ3v) is 2.50. The summed E-state index contributed by atoms with van der Waals surface area (Å²) in [5, 5.41) is 0. The lowest BCUT2D eigenvalue weighted by Gasteiger charge is -2.09. The van der Waals surface area contributed by atoms with Gasteiger partial charge in [0.25, 0.3) is 0 Å². The third-order valence-electron chi connectivity index (χ3n) is 1.72. The van der Waals surface area contributed by atoms with Crippen LogP contribution >= 0.6 is 25.3 Å². The molecule has 12 heavy (non-hydrogen) atoms. The number of hydrogen-bond acceptors (Lipinski definition) is 3. The molecule has 0 saturated carbocycles. The van der Waals surface area contributed by atoms with Crippen LogP contribution in [0.5, 0.6) is 0 Å². The first kappa shape index (κ1) is 9.68. The van der Waals surface area contributed by atoms with Crippen molar-refractivity contribution in [1.82, 2.24) is 0 Å². The van der Waals surface area contributed by atoms with E-state index in [4.69, 9.17) is 0 Å². The molecule has 0 spiro atoms. The van der Waals surface area contributed by atoms with Crippen molar-refractivity contribution in [2.75, 3.05) is 0 Å². The molecule has 1 nitrogen and oxygen atoms in total. The highest BCUT2D eigenvalue weighted by Crippen LogP contribution is 2.27. The van der Waals surface area contributed by atoms with Gasteiger partial charge in [-0.1, -0.05) is 13.0 Å². The summed E-state index contributed by atoms with van der Waals surface area (Å²) in [5.41, 5.74) is 0.902. The van der Waals surface area contributed by atoms with Gasteiger partial charge in [-0.2, -0.15) is 0 Å². The zero-order valence-corrected chi connectivity index (χ0v) is 8.48. The molecular weight excluding hydrogens is 188 g/mol. The molecule has 0 amide bonds. The molecule has 1 rings (SSSR count). The molecule has 0 fully saturated rings.